The van der Waals surface area contributed by atoms with Gasteiger partial charge in [-0.1, -0.05) is 13.8 Å². The second kappa shape index (κ2) is 9.37. The molecular formula is C12H19F4O5P. The van der Waals surface area contributed by atoms with E-state index < -0.39 is 57.7 Å². The Kier molecular flexibility index (Phi) is 9.04. The summed E-state index contributed by atoms with van der Waals surface area (Å²) in [6, 6.07) is 0. The summed E-state index contributed by atoms with van der Waals surface area (Å²) in [5, 5.41) is 0. The van der Waals surface area contributed by atoms with Crippen LogP contribution in [0.15, 0.2) is 0 Å². The van der Waals surface area contributed by atoms with Crippen molar-refractivity contribution in [3.05, 3.63) is 0 Å². The Bertz CT molecular complexity index is 378. The fourth-order valence-electron chi connectivity index (χ4n) is 1.41. The van der Waals surface area contributed by atoms with Crippen molar-refractivity contribution in [2.45, 2.75) is 51.4 Å². The number of carbonyl (C=O) groups excluding carboxylic acids is 2. The lowest BCUT2D eigenvalue weighted by Gasteiger charge is -2.15. The number of carbonyl (C=O) groups is 2. The molecule has 0 bridgehead atoms. The number of hydrogen-bond donors (Lipinski definition) is 0. The molecule has 0 aromatic heterocycles. The van der Waals surface area contributed by atoms with Gasteiger partial charge in [0.1, 0.15) is 13.2 Å². The van der Waals surface area contributed by atoms with E-state index in [1.807, 2.05) is 0 Å². The summed E-state index contributed by atoms with van der Waals surface area (Å²) in [6.45, 7) is 0.556. The van der Waals surface area contributed by atoms with Crippen LogP contribution in [0.5, 0.6) is 0 Å². The second-order valence-electron chi connectivity index (χ2n) is 4.58. The van der Waals surface area contributed by atoms with Gasteiger partial charge in [0.05, 0.1) is 0 Å². The molecule has 0 unspecified atom stereocenters. The van der Waals surface area contributed by atoms with Crippen molar-refractivity contribution >= 4 is 19.8 Å². The van der Waals surface area contributed by atoms with Gasteiger partial charge < -0.3 is 9.05 Å². The largest absolute Gasteiger partial charge is 0.320 e. The summed E-state index contributed by atoms with van der Waals surface area (Å²) >= 11 is 0. The maximum atomic E-state index is 13.1. The zero-order chi connectivity index (χ0) is 17.4. The number of hydrogen-bond acceptors (Lipinski definition) is 5. The van der Waals surface area contributed by atoms with Gasteiger partial charge in [0.2, 0.25) is 11.6 Å². The highest BCUT2D eigenvalue weighted by atomic mass is 31.1. The molecule has 0 saturated carbocycles. The molecule has 0 aliphatic carbocycles. The molecule has 0 aromatic rings. The molecule has 0 heterocycles. The molecule has 130 valence electrons. The molecule has 0 saturated heterocycles. The van der Waals surface area contributed by atoms with Gasteiger partial charge in [0.15, 0.2) is 0 Å². The summed E-state index contributed by atoms with van der Waals surface area (Å²) in [6.07, 6.45) is -1.24. The maximum Gasteiger partial charge on any atom is 0.320 e. The first-order valence-electron chi connectivity index (χ1n) is 6.68. The average Bonchev–Trinajstić information content (AvgIpc) is 2.41. The zero-order valence-electron chi connectivity index (χ0n) is 12.3. The number of ketones is 2. The molecule has 0 spiro atoms. The van der Waals surface area contributed by atoms with Crippen LogP contribution < -0.4 is 0 Å². The Balaban J connectivity index is 4.21. The van der Waals surface area contributed by atoms with E-state index in [1.165, 1.54) is 13.8 Å². The van der Waals surface area contributed by atoms with Gasteiger partial charge in [-0.25, -0.2) is 0 Å². The van der Waals surface area contributed by atoms with E-state index in [4.69, 9.17) is 0 Å². The Hall–Kier alpha value is -0.790. The van der Waals surface area contributed by atoms with Gasteiger partial charge in [0.25, 0.3) is 0 Å². The summed E-state index contributed by atoms with van der Waals surface area (Å²) in [7, 11) is -3.49. The lowest BCUT2D eigenvalue weighted by Crippen LogP contribution is -2.32. The van der Waals surface area contributed by atoms with Gasteiger partial charge in [-0.15, -0.1) is 0 Å². The molecule has 10 heteroatoms. The van der Waals surface area contributed by atoms with E-state index in [1.54, 1.807) is 0 Å². The first-order chi connectivity index (χ1) is 10.1. The average molecular weight is 350 g/mol. The molecule has 22 heavy (non-hydrogen) atoms. The monoisotopic (exact) mass is 350 g/mol. The van der Waals surface area contributed by atoms with Crippen LogP contribution in [-0.4, -0.2) is 36.6 Å². The third-order valence-corrected chi connectivity index (χ3v) is 3.35. The third kappa shape index (κ3) is 7.47. The van der Waals surface area contributed by atoms with E-state index in [2.05, 4.69) is 9.05 Å². The lowest BCUT2D eigenvalue weighted by atomic mass is 10.1. The minimum atomic E-state index is -3.61. The Labute approximate surface area is 126 Å². The predicted octanol–water partition coefficient (Wildman–Crippen LogP) is 3.42. The molecular weight excluding hydrogens is 331 g/mol. The molecule has 0 atom stereocenters. The van der Waals surface area contributed by atoms with Crippen LogP contribution in [0.1, 0.15) is 39.5 Å². The maximum absolute atomic E-state index is 13.1. The highest BCUT2D eigenvalue weighted by Gasteiger charge is 2.38. The third-order valence-electron chi connectivity index (χ3n) is 2.59. The number of Topliss-reactive ketones (excluding diaryl/α,β-unsaturated/α-hetero) is 2. The quantitative estimate of drug-likeness (QED) is 0.398. The molecule has 0 N–H and O–H groups in total. The molecule has 0 aromatic carbocycles. The van der Waals surface area contributed by atoms with E-state index in [0.29, 0.717) is 0 Å². The van der Waals surface area contributed by atoms with Crippen LogP contribution in [-0.2, 0) is 23.2 Å². The van der Waals surface area contributed by atoms with Gasteiger partial charge >= 0.3 is 20.1 Å². The number of halogens is 4. The molecule has 0 aliphatic heterocycles. The predicted molar refractivity (Wildman–Crippen MR) is 70.6 cm³/mol. The van der Waals surface area contributed by atoms with E-state index >= 15 is 0 Å². The highest BCUT2D eigenvalue weighted by Crippen LogP contribution is 2.29. The Morgan fingerprint density at radius 1 is 0.864 bits per heavy atom. The molecule has 5 nitrogen and oxygen atoms in total. The Morgan fingerprint density at radius 2 is 1.18 bits per heavy atom. The van der Waals surface area contributed by atoms with Crippen molar-refractivity contribution in [2.24, 2.45) is 0 Å². The molecule has 0 rings (SSSR count). The summed E-state index contributed by atoms with van der Waals surface area (Å²) in [5.74, 6) is -10.4. The highest BCUT2D eigenvalue weighted by molar-refractivity contribution is 7.33. The van der Waals surface area contributed by atoms with Gasteiger partial charge in [0, 0.05) is 12.8 Å². The molecule has 0 radical (unpaired) electrons. The van der Waals surface area contributed by atoms with E-state index in [0.717, 1.165) is 0 Å². The van der Waals surface area contributed by atoms with Gasteiger partial charge in [-0.2, -0.15) is 17.6 Å². The van der Waals surface area contributed by atoms with Crippen molar-refractivity contribution in [1.29, 1.82) is 0 Å². The van der Waals surface area contributed by atoms with Crippen molar-refractivity contribution in [2.75, 3.05) is 13.2 Å². The van der Waals surface area contributed by atoms with Crippen molar-refractivity contribution < 1.29 is 40.8 Å². The van der Waals surface area contributed by atoms with Crippen LogP contribution in [0.3, 0.4) is 0 Å². The minimum absolute atomic E-state index is 0.0609. The summed E-state index contributed by atoms with van der Waals surface area (Å²) in [4.78, 5) is 22.2. The summed E-state index contributed by atoms with van der Waals surface area (Å²) in [5.41, 5.74) is 0. The fourth-order valence-corrected chi connectivity index (χ4v) is 1.99. The smallest absolute Gasteiger partial charge is 0.302 e. The topological polar surface area (TPSA) is 69.7 Å². The van der Waals surface area contributed by atoms with Crippen LogP contribution in [0, 0.1) is 0 Å². The Morgan fingerprint density at radius 3 is 1.45 bits per heavy atom. The number of rotatable bonds is 12. The van der Waals surface area contributed by atoms with Crippen molar-refractivity contribution in [3.8, 4) is 0 Å². The molecule has 0 aliphatic rings. The second-order valence-corrected chi connectivity index (χ2v) is 5.66. The minimum Gasteiger partial charge on any atom is -0.302 e. The SMILES string of the molecule is CCCC(F)(F)C(=O)CO[PH](=O)OCC(=O)C(F)(F)CCC. The van der Waals surface area contributed by atoms with Crippen molar-refractivity contribution in [3.63, 3.8) is 0 Å². The van der Waals surface area contributed by atoms with Gasteiger partial charge in [-0.05, 0) is 12.8 Å². The van der Waals surface area contributed by atoms with E-state index in [9.17, 15) is 31.7 Å². The molecule has 0 amide bonds. The number of alkyl halides is 4. The fraction of sp³-hybridized carbons (Fsp3) is 0.833. The standard InChI is InChI=1S/C12H19F4O5P/c1-3-5-11(13,14)9(17)7-20-22(19)21-8-10(18)12(15,16)6-4-2/h22H,3-8H2,1-2H3. The van der Waals surface area contributed by atoms with Crippen LogP contribution in [0.2, 0.25) is 0 Å². The van der Waals surface area contributed by atoms with Crippen LogP contribution in [0.25, 0.3) is 0 Å². The first kappa shape index (κ1) is 21.2. The van der Waals surface area contributed by atoms with E-state index in [-0.39, 0.29) is 12.8 Å². The lowest BCUT2D eigenvalue weighted by molar-refractivity contribution is -0.147. The van der Waals surface area contributed by atoms with Crippen LogP contribution in [0.4, 0.5) is 17.6 Å². The van der Waals surface area contributed by atoms with Gasteiger partial charge in [-0.3, -0.25) is 14.2 Å². The summed E-state index contributed by atoms with van der Waals surface area (Å²) < 4.78 is 72.1. The normalized spacial score (nSPS) is 12.7. The van der Waals surface area contributed by atoms with Crippen molar-refractivity contribution in [1.82, 2.24) is 0 Å². The first-order valence-corrected chi connectivity index (χ1v) is 7.91. The molecule has 0 fully saturated rings. The van der Waals surface area contributed by atoms with Crippen LogP contribution >= 0.6 is 8.25 Å². The zero-order valence-corrected chi connectivity index (χ0v) is 13.3.